The average Bonchev–Trinajstić information content (AvgIpc) is 2.23. The summed E-state index contributed by atoms with van der Waals surface area (Å²) in [6, 6.07) is 3.93. The topological polar surface area (TPSA) is 42.1 Å². The Bertz CT molecular complexity index is 280. The number of hydrogen-bond donors (Lipinski definition) is 1. The summed E-state index contributed by atoms with van der Waals surface area (Å²) < 4.78 is 0. The third-order valence-corrected chi connectivity index (χ3v) is 3.30. The van der Waals surface area contributed by atoms with Crippen LogP contribution in [0.3, 0.4) is 0 Å². The highest BCUT2D eigenvalue weighted by molar-refractivity contribution is 7.99. The summed E-state index contributed by atoms with van der Waals surface area (Å²) >= 11 is 2.03. The largest absolute Gasteiger partial charge is 0.384 e. The first kappa shape index (κ1) is 9.80. The van der Waals surface area contributed by atoms with E-state index >= 15 is 0 Å². The molecule has 1 aromatic rings. The highest BCUT2D eigenvalue weighted by Crippen LogP contribution is 2.12. The van der Waals surface area contributed by atoms with E-state index in [1.165, 1.54) is 30.2 Å². The third-order valence-electron chi connectivity index (χ3n) is 2.36. The predicted molar refractivity (Wildman–Crippen MR) is 61.3 cm³/mol. The summed E-state index contributed by atoms with van der Waals surface area (Å²) in [4.78, 5) is 6.55. The molecule has 0 spiro atoms. The number of nitrogens with two attached hydrogens (primary N) is 1. The van der Waals surface area contributed by atoms with Crippen molar-refractivity contribution in [2.75, 3.05) is 30.3 Å². The van der Waals surface area contributed by atoms with Crippen molar-refractivity contribution in [1.82, 2.24) is 9.88 Å². The molecular weight excluding hydrogens is 194 g/mol. The lowest BCUT2D eigenvalue weighted by atomic mass is 10.2. The van der Waals surface area contributed by atoms with E-state index in [4.69, 9.17) is 5.73 Å². The van der Waals surface area contributed by atoms with Gasteiger partial charge in [-0.3, -0.25) is 4.90 Å². The Hall–Kier alpha value is -0.740. The van der Waals surface area contributed by atoms with Gasteiger partial charge in [0, 0.05) is 37.3 Å². The van der Waals surface area contributed by atoms with E-state index in [9.17, 15) is 0 Å². The fourth-order valence-electron chi connectivity index (χ4n) is 1.55. The van der Waals surface area contributed by atoms with Crippen LogP contribution < -0.4 is 5.73 Å². The van der Waals surface area contributed by atoms with Crippen molar-refractivity contribution >= 4 is 17.6 Å². The summed E-state index contributed by atoms with van der Waals surface area (Å²) in [6.45, 7) is 3.39. The van der Waals surface area contributed by atoms with Crippen molar-refractivity contribution in [3.05, 3.63) is 23.9 Å². The van der Waals surface area contributed by atoms with Crippen molar-refractivity contribution in [1.29, 1.82) is 0 Å². The molecule has 14 heavy (non-hydrogen) atoms. The van der Waals surface area contributed by atoms with Gasteiger partial charge in [0.05, 0.1) is 0 Å². The number of nitrogen functional groups attached to an aromatic ring is 1. The summed E-state index contributed by atoms with van der Waals surface area (Å²) in [5.41, 5.74) is 6.79. The summed E-state index contributed by atoms with van der Waals surface area (Å²) in [5.74, 6) is 3.10. The van der Waals surface area contributed by atoms with E-state index in [2.05, 4.69) is 16.0 Å². The molecular formula is C10H15N3S. The SMILES string of the molecule is Nc1ccc(CN2CCSCC2)cn1. The number of rotatable bonds is 2. The minimum Gasteiger partial charge on any atom is -0.384 e. The molecule has 0 aliphatic carbocycles. The maximum Gasteiger partial charge on any atom is 0.123 e. The van der Waals surface area contributed by atoms with Gasteiger partial charge in [0.1, 0.15) is 5.82 Å². The Kier molecular flexibility index (Phi) is 3.26. The zero-order valence-electron chi connectivity index (χ0n) is 8.15. The number of anilines is 1. The van der Waals surface area contributed by atoms with E-state index in [1.54, 1.807) is 0 Å². The molecule has 1 aliphatic rings. The van der Waals surface area contributed by atoms with Crippen LogP contribution in [0.25, 0.3) is 0 Å². The predicted octanol–water partition coefficient (Wildman–Crippen LogP) is 1.21. The van der Waals surface area contributed by atoms with Crippen LogP contribution in [-0.2, 0) is 6.54 Å². The van der Waals surface area contributed by atoms with Gasteiger partial charge >= 0.3 is 0 Å². The molecule has 1 fully saturated rings. The first-order chi connectivity index (χ1) is 6.84. The molecule has 3 nitrogen and oxygen atoms in total. The Morgan fingerprint density at radius 1 is 1.36 bits per heavy atom. The molecule has 2 heterocycles. The number of aromatic nitrogens is 1. The molecule has 0 unspecified atom stereocenters. The second kappa shape index (κ2) is 4.66. The zero-order chi connectivity index (χ0) is 9.80. The van der Waals surface area contributed by atoms with Crippen LogP contribution in [0.4, 0.5) is 5.82 Å². The summed E-state index contributed by atoms with van der Waals surface area (Å²) in [5, 5.41) is 0. The fraction of sp³-hybridized carbons (Fsp3) is 0.500. The number of thioether (sulfide) groups is 1. The second-order valence-electron chi connectivity index (χ2n) is 3.48. The molecule has 2 N–H and O–H groups in total. The van der Waals surface area contributed by atoms with Gasteiger partial charge in [-0.25, -0.2) is 4.98 Å². The lowest BCUT2D eigenvalue weighted by Gasteiger charge is -2.25. The lowest BCUT2D eigenvalue weighted by molar-refractivity contribution is 0.294. The molecule has 0 atom stereocenters. The molecule has 1 aromatic heterocycles. The maximum atomic E-state index is 5.53. The normalized spacial score (nSPS) is 18.3. The smallest absolute Gasteiger partial charge is 0.123 e. The molecule has 0 amide bonds. The lowest BCUT2D eigenvalue weighted by Crippen LogP contribution is -2.31. The van der Waals surface area contributed by atoms with Crippen LogP contribution in [0.5, 0.6) is 0 Å². The molecule has 0 bridgehead atoms. The van der Waals surface area contributed by atoms with E-state index in [0.29, 0.717) is 5.82 Å². The van der Waals surface area contributed by atoms with Crippen molar-refractivity contribution in [3.8, 4) is 0 Å². The third kappa shape index (κ3) is 2.62. The Labute approximate surface area is 88.7 Å². The van der Waals surface area contributed by atoms with Crippen LogP contribution in [0.2, 0.25) is 0 Å². The van der Waals surface area contributed by atoms with E-state index < -0.39 is 0 Å². The highest BCUT2D eigenvalue weighted by Gasteiger charge is 2.10. The minimum absolute atomic E-state index is 0.600. The van der Waals surface area contributed by atoms with Gasteiger partial charge in [-0.15, -0.1) is 0 Å². The van der Waals surface area contributed by atoms with Crippen LogP contribution in [0.15, 0.2) is 18.3 Å². The number of pyridine rings is 1. The Morgan fingerprint density at radius 2 is 2.14 bits per heavy atom. The van der Waals surface area contributed by atoms with Crippen LogP contribution in [0.1, 0.15) is 5.56 Å². The number of nitrogens with zero attached hydrogens (tertiary/aromatic N) is 2. The van der Waals surface area contributed by atoms with E-state index in [1.807, 2.05) is 24.0 Å². The first-order valence-corrected chi connectivity index (χ1v) is 6.00. The van der Waals surface area contributed by atoms with Gasteiger partial charge in [-0.1, -0.05) is 6.07 Å². The van der Waals surface area contributed by atoms with E-state index in [0.717, 1.165) is 6.54 Å². The standard InChI is InChI=1S/C10H15N3S/c11-10-2-1-9(7-12-10)8-13-3-5-14-6-4-13/h1-2,7H,3-6,8H2,(H2,11,12). The zero-order valence-corrected chi connectivity index (χ0v) is 8.96. The number of hydrogen-bond acceptors (Lipinski definition) is 4. The monoisotopic (exact) mass is 209 g/mol. The molecule has 1 saturated heterocycles. The molecule has 2 rings (SSSR count). The van der Waals surface area contributed by atoms with Gasteiger partial charge in [-0.05, 0) is 11.6 Å². The molecule has 4 heteroatoms. The molecule has 76 valence electrons. The van der Waals surface area contributed by atoms with Crippen molar-refractivity contribution in [2.45, 2.75) is 6.54 Å². The van der Waals surface area contributed by atoms with E-state index in [-0.39, 0.29) is 0 Å². The van der Waals surface area contributed by atoms with Gasteiger partial charge in [-0.2, -0.15) is 11.8 Å². The minimum atomic E-state index is 0.600. The molecule has 0 aromatic carbocycles. The van der Waals surface area contributed by atoms with Crippen LogP contribution in [-0.4, -0.2) is 34.5 Å². The summed E-state index contributed by atoms with van der Waals surface area (Å²) in [7, 11) is 0. The van der Waals surface area contributed by atoms with Crippen LogP contribution >= 0.6 is 11.8 Å². The van der Waals surface area contributed by atoms with Crippen LogP contribution in [0, 0.1) is 0 Å². The van der Waals surface area contributed by atoms with Gasteiger partial charge in [0.25, 0.3) is 0 Å². The molecule has 0 saturated carbocycles. The van der Waals surface area contributed by atoms with Crippen molar-refractivity contribution in [2.24, 2.45) is 0 Å². The Balaban J connectivity index is 1.92. The highest BCUT2D eigenvalue weighted by atomic mass is 32.2. The fourth-order valence-corrected chi connectivity index (χ4v) is 2.53. The van der Waals surface area contributed by atoms with Gasteiger partial charge < -0.3 is 5.73 Å². The first-order valence-electron chi connectivity index (χ1n) is 4.85. The van der Waals surface area contributed by atoms with Gasteiger partial charge in [0.15, 0.2) is 0 Å². The summed E-state index contributed by atoms with van der Waals surface area (Å²) in [6.07, 6.45) is 1.87. The average molecular weight is 209 g/mol. The Morgan fingerprint density at radius 3 is 2.79 bits per heavy atom. The molecule has 0 radical (unpaired) electrons. The quantitative estimate of drug-likeness (QED) is 0.795. The maximum absolute atomic E-state index is 5.53. The molecule has 1 aliphatic heterocycles. The van der Waals surface area contributed by atoms with Crippen molar-refractivity contribution in [3.63, 3.8) is 0 Å². The van der Waals surface area contributed by atoms with Crippen molar-refractivity contribution < 1.29 is 0 Å². The van der Waals surface area contributed by atoms with Gasteiger partial charge in [0.2, 0.25) is 0 Å². The second-order valence-corrected chi connectivity index (χ2v) is 4.70.